The summed E-state index contributed by atoms with van der Waals surface area (Å²) in [6.45, 7) is 15.7. The Kier molecular flexibility index (Phi) is 6.94. The fourth-order valence-corrected chi connectivity index (χ4v) is 4.13. The van der Waals surface area contributed by atoms with Crippen molar-refractivity contribution in [2.24, 2.45) is 17.3 Å². The van der Waals surface area contributed by atoms with Gasteiger partial charge < -0.3 is 0 Å². The van der Waals surface area contributed by atoms with Crippen LogP contribution in [0.5, 0.6) is 0 Å². The highest BCUT2D eigenvalue weighted by Crippen LogP contribution is 2.49. The van der Waals surface area contributed by atoms with E-state index in [1.807, 2.05) is 0 Å². The molecule has 0 aliphatic heterocycles. The van der Waals surface area contributed by atoms with Gasteiger partial charge in [-0.05, 0) is 64.7 Å². The van der Waals surface area contributed by atoms with Crippen LogP contribution in [0.25, 0.3) is 11.6 Å². The molecule has 0 bridgehead atoms. The molecule has 0 aromatic heterocycles. The second-order valence-electron chi connectivity index (χ2n) is 7.62. The van der Waals surface area contributed by atoms with E-state index in [0.29, 0.717) is 11.8 Å². The van der Waals surface area contributed by atoms with Crippen LogP contribution in [0.2, 0.25) is 0 Å². The fourth-order valence-electron chi connectivity index (χ4n) is 3.88. The largest absolute Gasteiger partial charge is 0.148 e. The fraction of sp³-hybridized carbons (Fsp3) is 0.360. The summed E-state index contributed by atoms with van der Waals surface area (Å²) in [5.74, 6) is 0.882. The summed E-state index contributed by atoms with van der Waals surface area (Å²) >= 11 is 4.69. The van der Waals surface area contributed by atoms with Crippen molar-refractivity contribution < 1.29 is 0 Å². The summed E-state index contributed by atoms with van der Waals surface area (Å²) in [5.41, 5.74) is 4.94. The van der Waals surface area contributed by atoms with E-state index in [0.717, 1.165) is 16.9 Å². The van der Waals surface area contributed by atoms with Gasteiger partial charge >= 0.3 is 0 Å². The summed E-state index contributed by atoms with van der Waals surface area (Å²) in [6.07, 6.45) is 14.1. The van der Waals surface area contributed by atoms with Crippen LogP contribution >= 0.6 is 12.6 Å². The predicted molar refractivity (Wildman–Crippen MR) is 121 cm³/mol. The van der Waals surface area contributed by atoms with Crippen molar-refractivity contribution in [1.82, 2.24) is 0 Å². The van der Waals surface area contributed by atoms with E-state index in [1.165, 1.54) is 16.7 Å². The van der Waals surface area contributed by atoms with E-state index in [-0.39, 0.29) is 5.41 Å². The molecule has 0 nitrogen and oxygen atoms in total. The second-order valence-corrected chi connectivity index (χ2v) is 8.20. The Labute approximate surface area is 165 Å². The van der Waals surface area contributed by atoms with E-state index in [1.54, 1.807) is 0 Å². The van der Waals surface area contributed by atoms with Crippen LogP contribution < -0.4 is 0 Å². The number of hydrogen-bond acceptors (Lipinski definition) is 1. The second kappa shape index (κ2) is 8.77. The van der Waals surface area contributed by atoms with Crippen LogP contribution in [-0.4, -0.2) is 0 Å². The van der Waals surface area contributed by atoms with Crippen molar-refractivity contribution in [2.75, 3.05) is 0 Å². The van der Waals surface area contributed by atoms with Gasteiger partial charge in [0.1, 0.15) is 0 Å². The maximum Gasteiger partial charge on any atom is -0.00196 e. The van der Waals surface area contributed by atoms with Gasteiger partial charge in [-0.15, -0.1) is 12.6 Å². The van der Waals surface area contributed by atoms with E-state index in [2.05, 4.69) is 102 Å². The van der Waals surface area contributed by atoms with E-state index < -0.39 is 0 Å². The number of allylic oxidation sites excluding steroid dienone is 8. The molecule has 0 saturated heterocycles. The lowest BCUT2D eigenvalue weighted by Gasteiger charge is -2.42. The van der Waals surface area contributed by atoms with E-state index >= 15 is 0 Å². The zero-order valence-corrected chi connectivity index (χ0v) is 17.7. The molecule has 0 saturated carbocycles. The van der Waals surface area contributed by atoms with Crippen molar-refractivity contribution in [2.45, 2.75) is 41.0 Å². The molecule has 1 aromatic rings. The molecule has 2 rings (SSSR count). The van der Waals surface area contributed by atoms with Gasteiger partial charge in [0, 0.05) is 0 Å². The quantitative estimate of drug-likeness (QED) is 0.387. The van der Waals surface area contributed by atoms with E-state index in [9.17, 15) is 0 Å². The molecule has 0 amide bonds. The molecule has 138 valence electrons. The van der Waals surface area contributed by atoms with Crippen molar-refractivity contribution in [3.63, 3.8) is 0 Å². The average molecular weight is 365 g/mol. The Morgan fingerprint density at radius 3 is 2.50 bits per heavy atom. The van der Waals surface area contributed by atoms with Gasteiger partial charge in [-0.3, -0.25) is 0 Å². The summed E-state index contributed by atoms with van der Waals surface area (Å²) < 4.78 is 0. The van der Waals surface area contributed by atoms with Crippen molar-refractivity contribution in [3.05, 3.63) is 82.8 Å². The molecule has 1 heteroatoms. The first-order chi connectivity index (χ1) is 12.3. The van der Waals surface area contributed by atoms with Gasteiger partial charge in [-0.1, -0.05) is 88.1 Å². The highest BCUT2D eigenvalue weighted by Gasteiger charge is 2.38. The van der Waals surface area contributed by atoms with Gasteiger partial charge in [0.05, 0.1) is 0 Å². The van der Waals surface area contributed by atoms with Gasteiger partial charge in [-0.2, -0.15) is 0 Å². The minimum absolute atomic E-state index is 0.0568. The molecule has 1 aromatic carbocycles. The third kappa shape index (κ3) is 4.15. The Morgan fingerprint density at radius 2 is 1.88 bits per heavy atom. The standard InChI is InChI=1S/C25H32S/c1-7-11-20-12-9-10-13-22(20)19(5)23-15-14-21(26)17-24(23)25(6,16-8-2)18(3)4/h7-16,18,24,26H,5,17H2,1-4,6H3/b11-7-,16-8?. The van der Waals surface area contributed by atoms with Crippen LogP contribution in [0, 0.1) is 17.3 Å². The monoisotopic (exact) mass is 364 g/mol. The third-order valence-electron chi connectivity index (χ3n) is 5.75. The van der Waals surface area contributed by atoms with Crippen LogP contribution in [-0.2, 0) is 0 Å². The van der Waals surface area contributed by atoms with Crippen LogP contribution in [0.1, 0.15) is 52.2 Å². The smallest absolute Gasteiger partial charge is 0.00196 e. The van der Waals surface area contributed by atoms with E-state index in [4.69, 9.17) is 12.6 Å². The molecule has 1 aliphatic rings. The molecular weight excluding hydrogens is 332 g/mol. The van der Waals surface area contributed by atoms with Gasteiger partial charge in [0.25, 0.3) is 0 Å². The maximum atomic E-state index is 4.69. The first kappa shape index (κ1) is 20.6. The topological polar surface area (TPSA) is 0 Å². The first-order valence-corrected chi connectivity index (χ1v) is 9.94. The van der Waals surface area contributed by atoms with Gasteiger partial charge in [-0.25, -0.2) is 0 Å². The lowest BCUT2D eigenvalue weighted by Crippen LogP contribution is -2.33. The van der Waals surface area contributed by atoms with Gasteiger partial charge in [0.2, 0.25) is 0 Å². The van der Waals surface area contributed by atoms with Crippen molar-refractivity contribution in [1.29, 1.82) is 0 Å². The van der Waals surface area contributed by atoms with Gasteiger partial charge in [0.15, 0.2) is 0 Å². The molecule has 0 fully saturated rings. The highest BCUT2D eigenvalue weighted by atomic mass is 32.1. The molecule has 2 unspecified atom stereocenters. The van der Waals surface area contributed by atoms with Crippen molar-refractivity contribution in [3.8, 4) is 0 Å². The summed E-state index contributed by atoms with van der Waals surface area (Å²) in [7, 11) is 0. The molecule has 0 spiro atoms. The summed E-state index contributed by atoms with van der Waals surface area (Å²) in [6, 6.07) is 8.52. The zero-order valence-electron chi connectivity index (χ0n) is 16.8. The maximum absolute atomic E-state index is 4.69. The Hall–Kier alpha value is -1.73. The Balaban J connectivity index is 2.56. The Morgan fingerprint density at radius 1 is 1.19 bits per heavy atom. The normalized spacial score (nSPS) is 20.3. The lowest BCUT2D eigenvalue weighted by atomic mass is 9.62. The highest BCUT2D eigenvalue weighted by molar-refractivity contribution is 7.84. The number of thiol groups is 1. The summed E-state index contributed by atoms with van der Waals surface area (Å²) in [4.78, 5) is 1.14. The summed E-state index contributed by atoms with van der Waals surface area (Å²) in [5, 5.41) is 0. The SMILES string of the molecule is C=C(C1=CC=C(S)CC1C(C)(C=CC)C(C)C)c1ccccc1/C=C\C. The molecule has 1 aliphatic carbocycles. The van der Waals surface area contributed by atoms with Crippen molar-refractivity contribution >= 4 is 24.3 Å². The van der Waals surface area contributed by atoms with Crippen LogP contribution in [0.4, 0.5) is 0 Å². The third-order valence-corrected chi connectivity index (χ3v) is 6.08. The first-order valence-electron chi connectivity index (χ1n) is 9.50. The predicted octanol–water partition coefficient (Wildman–Crippen LogP) is 7.73. The average Bonchev–Trinajstić information content (AvgIpc) is 2.62. The minimum atomic E-state index is 0.0568. The molecule has 0 radical (unpaired) electrons. The zero-order chi connectivity index (χ0) is 19.3. The number of hydrogen-bond donors (Lipinski definition) is 1. The number of rotatable bonds is 6. The minimum Gasteiger partial charge on any atom is -0.148 e. The number of benzene rings is 1. The molecule has 0 heterocycles. The molecule has 26 heavy (non-hydrogen) atoms. The van der Waals surface area contributed by atoms with Crippen LogP contribution in [0.15, 0.2) is 71.7 Å². The Bertz CT molecular complexity index is 773. The molecule has 0 N–H and O–H groups in total. The molecule has 2 atom stereocenters. The van der Waals surface area contributed by atoms with Crippen LogP contribution in [0.3, 0.4) is 0 Å². The lowest BCUT2D eigenvalue weighted by molar-refractivity contribution is 0.208. The molecular formula is C25H32S.